The summed E-state index contributed by atoms with van der Waals surface area (Å²) in [6.45, 7) is 0. The molecule has 0 spiro atoms. The zero-order valence-corrected chi connectivity index (χ0v) is 13.7. The summed E-state index contributed by atoms with van der Waals surface area (Å²) in [7, 11) is 1.29. The van der Waals surface area contributed by atoms with Gasteiger partial charge in [-0.3, -0.25) is 10.1 Å². The van der Waals surface area contributed by atoms with Crippen LogP contribution in [0, 0.1) is 0 Å². The van der Waals surface area contributed by atoms with Crippen molar-refractivity contribution >= 4 is 46.5 Å². The first-order chi connectivity index (χ1) is 11.0. The molecule has 23 heavy (non-hydrogen) atoms. The van der Waals surface area contributed by atoms with Crippen LogP contribution in [-0.2, 0) is 4.74 Å². The number of carbonyl (C=O) groups is 2. The van der Waals surface area contributed by atoms with E-state index in [-0.39, 0.29) is 5.11 Å². The number of hydrogen-bond donors (Lipinski definition) is 2. The third-order valence-electron chi connectivity index (χ3n) is 2.92. The van der Waals surface area contributed by atoms with Gasteiger partial charge in [-0.1, -0.05) is 23.7 Å². The standard InChI is InChI=1S/C16H13ClN2O3S/c1-22-15(21)11-8-6-10(7-9-11)14(20)19-16(23)18-13-5-3-2-4-12(13)17/h2-9H,1H3,(H2,18,19,20,23). The van der Waals surface area contributed by atoms with Gasteiger partial charge < -0.3 is 10.1 Å². The molecule has 0 fully saturated rings. The Labute approximate surface area is 143 Å². The second-order valence-corrected chi connectivity index (χ2v) is 5.27. The first kappa shape index (κ1) is 16.9. The lowest BCUT2D eigenvalue weighted by atomic mass is 10.1. The second-order valence-electron chi connectivity index (χ2n) is 4.46. The summed E-state index contributed by atoms with van der Waals surface area (Å²) < 4.78 is 4.60. The van der Waals surface area contributed by atoms with E-state index in [2.05, 4.69) is 15.4 Å². The number of halogens is 1. The minimum atomic E-state index is -0.465. The predicted octanol–water partition coefficient (Wildman–Crippen LogP) is 3.25. The maximum absolute atomic E-state index is 12.1. The van der Waals surface area contributed by atoms with Gasteiger partial charge in [0.05, 0.1) is 23.4 Å². The smallest absolute Gasteiger partial charge is 0.337 e. The number of rotatable bonds is 3. The normalized spacial score (nSPS) is 9.83. The molecular weight excluding hydrogens is 336 g/mol. The van der Waals surface area contributed by atoms with Gasteiger partial charge in [-0.25, -0.2) is 4.79 Å². The highest BCUT2D eigenvalue weighted by Gasteiger charge is 2.11. The fourth-order valence-electron chi connectivity index (χ4n) is 1.77. The van der Waals surface area contributed by atoms with Crippen molar-refractivity contribution in [2.45, 2.75) is 0 Å². The number of carbonyl (C=O) groups excluding carboxylic acids is 2. The first-order valence-electron chi connectivity index (χ1n) is 6.56. The highest BCUT2D eigenvalue weighted by atomic mass is 35.5. The SMILES string of the molecule is COC(=O)c1ccc(C(=O)NC(=S)Nc2ccccc2Cl)cc1. The van der Waals surface area contributed by atoms with E-state index in [0.717, 1.165) is 0 Å². The van der Waals surface area contributed by atoms with Gasteiger partial charge in [-0.05, 0) is 48.6 Å². The number of amides is 1. The number of para-hydroxylation sites is 1. The van der Waals surface area contributed by atoms with E-state index in [0.29, 0.717) is 21.8 Å². The molecule has 2 N–H and O–H groups in total. The minimum Gasteiger partial charge on any atom is -0.465 e. The molecule has 118 valence electrons. The molecule has 2 rings (SSSR count). The van der Waals surface area contributed by atoms with Gasteiger partial charge >= 0.3 is 5.97 Å². The maximum atomic E-state index is 12.1. The van der Waals surface area contributed by atoms with E-state index in [1.165, 1.54) is 31.4 Å². The third-order valence-corrected chi connectivity index (χ3v) is 3.45. The van der Waals surface area contributed by atoms with Crippen LogP contribution in [0.25, 0.3) is 0 Å². The van der Waals surface area contributed by atoms with Gasteiger partial charge in [0.25, 0.3) is 5.91 Å². The van der Waals surface area contributed by atoms with Gasteiger partial charge in [0.1, 0.15) is 0 Å². The van der Waals surface area contributed by atoms with Crippen molar-refractivity contribution in [2.75, 3.05) is 12.4 Å². The molecule has 7 heteroatoms. The largest absolute Gasteiger partial charge is 0.465 e. The average Bonchev–Trinajstić information content (AvgIpc) is 2.56. The number of benzene rings is 2. The van der Waals surface area contributed by atoms with E-state index in [4.69, 9.17) is 23.8 Å². The van der Waals surface area contributed by atoms with Crippen molar-refractivity contribution in [1.29, 1.82) is 0 Å². The highest BCUT2D eigenvalue weighted by Crippen LogP contribution is 2.20. The van der Waals surface area contributed by atoms with E-state index < -0.39 is 11.9 Å². The maximum Gasteiger partial charge on any atom is 0.337 e. The predicted molar refractivity (Wildman–Crippen MR) is 92.9 cm³/mol. The van der Waals surface area contributed by atoms with E-state index in [1.54, 1.807) is 24.3 Å². The molecule has 0 aliphatic rings. The molecule has 1 amide bonds. The molecular formula is C16H13ClN2O3S. The summed E-state index contributed by atoms with van der Waals surface area (Å²) in [5, 5.41) is 6.00. The van der Waals surface area contributed by atoms with Crippen molar-refractivity contribution in [2.24, 2.45) is 0 Å². The number of methoxy groups -OCH3 is 1. The summed E-state index contributed by atoms with van der Waals surface area (Å²) in [6, 6.07) is 13.1. The molecule has 2 aromatic rings. The Hall–Kier alpha value is -2.44. The Morgan fingerprint density at radius 1 is 1.04 bits per heavy atom. The zero-order chi connectivity index (χ0) is 16.8. The lowest BCUT2D eigenvalue weighted by Crippen LogP contribution is -2.34. The zero-order valence-electron chi connectivity index (χ0n) is 12.1. The van der Waals surface area contributed by atoms with Crippen molar-refractivity contribution < 1.29 is 14.3 Å². The van der Waals surface area contributed by atoms with Gasteiger partial charge in [0.15, 0.2) is 5.11 Å². The topological polar surface area (TPSA) is 67.4 Å². The van der Waals surface area contributed by atoms with Gasteiger partial charge in [-0.15, -0.1) is 0 Å². The van der Waals surface area contributed by atoms with Crippen molar-refractivity contribution in [3.63, 3.8) is 0 Å². The Balaban J connectivity index is 2.00. The number of nitrogens with one attached hydrogen (secondary N) is 2. The molecule has 0 atom stereocenters. The van der Waals surface area contributed by atoms with E-state index in [1.807, 2.05) is 0 Å². The number of ether oxygens (including phenoxy) is 1. The van der Waals surface area contributed by atoms with E-state index >= 15 is 0 Å². The number of anilines is 1. The average molecular weight is 349 g/mol. The monoisotopic (exact) mass is 348 g/mol. The van der Waals surface area contributed by atoms with Crippen LogP contribution >= 0.6 is 23.8 Å². The van der Waals surface area contributed by atoms with Crippen LogP contribution in [0.15, 0.2) is 48.5 Å². The quantitative estimate of drug-likeness (QED) is 0.658. The van der Waals surface area contributed by atoms with Crippen LogP contribution in [-0.4, -0.2) is 24.1 Å². The van der Waals surface area contributed by atoms with Gasteiger partial charge in [0.2, 0.25) is 0 Å². The second kappa shape index (κ2) is 7.71. The summed E-state index contributed by atoms with van der Waals surface area (Å²) in [4.78, 5) is 23.4. The molecule has 0 radical (unpaired) electrons. The van der Waals surface area contributed by atoms with Crippen molar-refractivity contribution in [1.82, 2.24) is 5.32 Å². The molecule has 2 aromatic carbocycles. The Morgan fingerprint density at radius 3 is 2.26 bits per heavy atom. The van der Waals surface area contributed by atoms with E-state index in [9.17, 15) is 9.59 Å². The lowest BCUT2D eigenvalue weighted by Gasteiger charge is -2.10. The third kappa shape index (κ3) is 4.51. The van der Waals surface area contributed by atoms with Crippen LogP contribution in [0.5, 0.6) is 0 Å². The summed E-state index contributed by atoms with van der Waals surface area (Å²) in [5.41, 5.74) is 1.32. The van der Waals surface area contributed by atoms with Crippen LogP contribution in [0.3, 0.4) is 0 Å². The molecule has 0 unspecified atom stereocenters. The summed E-state index contributed by atoms with van der Waals surface area (Å²) >= 11 is 11.1. The first-order valence-corrected chi connectivity index (χ1v) is 7.35. The van der Waals surface area contributed by atoms with Crippen LogP contribution in [0.4, 0.5) is 5.69 Å². The summed E-state index contributed by atoms with van der Waals surface area (Å²) in [5.74, 6) is -0.862. The Morgan fingerprint density at radius 2 is 1.65 bits per heavy atom. The van der Waals surface area contributed by atoms with Crippen molar-refractivity contribution in [3.05, 3.63) is 64.7 Å². The molecule has 0 saturated carbocycles. The van der Waals surface area contributed by atoms with Crippen molar-refractivity contribution in [3.8, 4) is 0 Å². The Bertz CT molecular complexity index is 747. The molecule has 0 aliphatic heterocycles. The highest BCUT2D eigenvalue weighted by molar-refractivity contribution is 7.80. The fraction of sp³-hybridized carbons (Fsp3) is 0.0625. The Kier molecular flexibility index (Phi) is 5.67. The molecule has 5 nitrogen and oxygen atoms in total. The molecule has 0 saturated heterocycles. The number of hydrogen-bond acceptors (Lipinski definition) is 4. The number of thiocarbonyl (C=S) groups is 1. The number of esters is 1. The fourth-order valence-corrected chi connectivity index (χ4v) is 2.15. The van der Waals surface area contributed by atoms with Gasteiger partial charge in [-0.2, -0.15) is 0 Å². The summed E-state index contributed by atoms with van der Waals surface area (Å²) in [6.07, 6.45) is 0. The van der Waals surface area contributed by atoms with Crippen LogP contribution in [0.1, 0.15) is 20.7 Å². The molecule has 0 bridgehead atoms. The van der Waals surface area contributed by atoms with Crippen LogP contribution in [0.2, 0.25) is 5.02 Å². The van der Waals surface area contributed by atoms with Crippen LogP contribution < -0.4 is 10.6 Å². The molecule has 0 aromatic heterocycles. The lowest BCUT2D eigenvalue weighted by molar-refractivity contribution is 0.0600. The van der Waals surface area contributed by atoms with Gasteiger partial charge in [0, 0.05) is 5.56 Å². The molecule has 0 heterocycles. The minimum absolute atomic E-state index is 0.125. The molecule has 0 aliphatic carbocycles.